The molecule has 4 aromatic rings. The van der Waals surface area contributed by atoms with Crippen molar-refractivity contribution in [1.29, 1.82) is 0 Å². The lowest BCUT2D eigenvalue weighted by molar-refractivity contribution is 1.10. The number of nitrogens with one attached hydrogen (secondary N) is 3. The Morgan fingerprint density at radius 3 is 1.79 bits per heavy atom. The van der Waals surface area contributed by atoms with E-state index in [4.69, 9.17) is 23.2 Å². The Kier molecular flexibility index (Phi) is 7.48. The van der Waals surface area contributed by atoms with Crippen LogP contribution in [0.5, 0.6) is 0 Å². The van der Waals surface area contributed by atoms with Crippen LogP contribution in [0.2, 0.25) is 10.0 Å². The Labute approximate surface area is 201 Å². The molecule has 7 nitrogen and oxygen atoms in total. The van der Waals surface area contributed by atoms with Crippen molar-refractivity contribution in [1.82, 2.24) is 9.97 Å². The van der Waals surface area contributed by atoms with Gasteiger partial charge in [0.25, 0.3) is 0 Å². The third kappa shape index (κ3) is 7.03. The van der Waals surface area contributed by atoms with Crippen LogP contribution in [-0.2, 0) is 0 Å². The van der Waals surface area contributed by atoms with E-state index in [-0.39, 0.29) is 0 Å². The average Bonchev–Trinajstić information content (AvgIpc) is 2.82. The van der Waals surface area contributed by atoms with Crippen LogP contribution in [0.25, 0.3) is 0 Å². The summed E-state index contributed by atoms with van der Waals surface area (Å²) in [6.45, 7) is 0. The van der Waals surface area contributed by atoms with E-state index in [9.17, 15) is 0 Å². The van der Waals surface area contributed by atoms with E-state index in [1.807, 2.05) is 54.6 Å². The van der Waals surface area contributed by atoms with Gasteiger partial charge in [0.15, 0.2) is 5.82 Å². The van der Waals surface area contributed by atoms with Crippen molar-refractivity contribution in [2.45, 2.75) is 0 Å². The van der Waals surface area contributed by atoms with Crippen LogP contribution in [0.15, 0.2) is 95.1 Å². The van der Waals surface area contributed by atoms with Crippen LogP contribution >= 0.6 is 23.2 Å². The standard InChI is InChI=1S/C24H19Cl2N7/c25-19-10-6-17(7-11-19)15-27-32-23-14-22(29-21-4-2-1-3-5-21)30-24(31-23)33-28-16-18-8-12-20(26)13-9-18/h1-16H,(H3,29,30,31,32,33). The van der Waals surface area contributed by atoms with Crippen molar-refractivity contribution < 1.29 is 0 Å². The summed E-state index contributed by atoms with van der Waals surface area (Å²) in [6.07, 6.45) is 3.33. The number of rotatable bonds is 8. The topological polar surface area (TPSA) is 86.6 Å². The highest BCUT2D eigenvalue weighted by Gasteiger charge is 2.05. The fourth-order valence-corrected chi connectivity index (χ4v) is 2.98. The van der Waals surface area contributed by atoms with Crippen molar-refractivity contribution in [2.75, 3.05) is 16.2 Å². The molecule has 0 aliphatic rings. The van der Waals surface area contributed by atoms with Crippen LogP contribution in [0.3, 0.4) is 0 Å². The average molecular weight is 476 g/mol. The van der Waals surface area contributed by atoms with Crippen LogP contribution in [0, 0.1) is 0 Å². The minimum atomic E-state index is 0.297. The van der Waals surface area contributed by atoms with Gasteiger partial charge in [0.05, 0.1) is 12.4 Å². The quantitative estimate of drug-likeness (QED) is 0.202. The van der Waals surface area contributed by atoms with E-state index in [0.29, 0.717) is 27.6 Å². The first kappa shape index (κ1) is 22.3. The minimum Gasteiger partial charge on any atom is -0.340 e. The second-order valence-electron chi connectivity index (χ2n) is 6.80. The zero-order chi connectivity index (χ0) is 22.9. The van der Waals surface area contributed by atoms with Crippen LogP contribution < -0.4 is 16.2 Å². The minimum absolute atomic E-state index is 0.297. The number of hydrogen-bond acceptors (Lipinski definition) is 7. The molecular weight excluding hydrogens is 457 g/mol. The molecular formula is C24H19Cl2N7. The maximum atomic E-state index is 5.92. The molecule has 0 fully saturated rings. The summed E-state index contributed by atoms with van der Waals surface area (Å²) in [5.41, 5.74) is 8.46. The van der Waals surface area contributed by atoms with E-state index in [2.05, 4.69) is 36.3 Å². The molecule has 4 rings (SSSR count). The SMILES string of the molecule is Clc1ccc(C=NNc2cc(Nc3ccccc3)nc(NN=Cc3ccc(Cl)cc3)n2)cc1. The molecule has 0 saturated heterocycles. The highest BCUT2D eigenvalue weighted by molar-refractivity contribution is 6.30. The maximum Gasteiger partial charge on any atom is 0.247 e. The highest BCUT2D eigenvalue weighted by atomic mass is 35.5. The van der Waals surface area contributed by atoms with Gasteiger partial charge in [-0.3, -0.25) is 5.43 Å². The molecule has 0 unspecified atom stereocenters. The number of benzene rings is 3. The molecule has 9 heteroatoms. The number of hydrazone groups is 2. The Bertz CT molecular complexity index is 1170. The van der Waals surface area contributed by atoms with Gasteiger partial charge in [0.2, 0.25) is 5.95 Å². The number of halogens is 2. The summed E-state index contributed by atoms with van der Waals surface area (Å²) in [5.74, 6) is 1.35. The first-order valence-corrected chi connectivity index (χ1v) is 10.7. The summed E-state index contributed by atoms with van der Waals surface area (Å²) >= 11 is 11.8. The Balaban J connectivity index is 1.51. The van der Waals surface area contributed by atoms with E-state index in [1.165, 1.54) is 0 Å². The van der Waals surface area contributed by atoms with Crippen molar-refractivity contribution in [3.05, 3.63) is 106 Å². The second-order valence-corrected chi connectivity index (χ2v) is 7.67. The molecule has 164 valence electrons. The van der Waals surface area contributed by atoms with E-state index in [0.717, 1.165) is 16.8 Å². The molecule has 0 radical (unpaired) electrons. The fraction of sp³-hybridized carbons (Fsp3) is 0. The summed E-state index contributed by atoms with van der Waals surface area (Å²) < 4.78 is 0. The Morgan fingerprint density at radius 1 is 0.636 bits per heavy atom. The van der Waals surface area contributed by atoms with Gasteiger partial charge in [-0.2, -0.15) is 20.2 Å². The van der Waals surface area contributed by atoms with Gasteiger partial charge in [0.1, 0.15) is 5.82 Å². The van der Waals surface area contributed by atoms with Gasteiger partial charge >= 0.3 is 0 Å². The van der Waals surface area contributed by atoms with Gasteiger partial charge in [-0.15, -0.1) is 0 Å². The normalized spacial score (nSPS) is 11.1. The third-order valence-electron chi connectivity index (χ3n) is 4.28. The van der Waals surface area contributed by atoms with E-state index in [1.54, 1.807) is 42.8 Å². The Hall–Kier alpha value is -3.94. The monoisotopic (exact) mass is 475 g/mol. The van der Waals surface area contributed by atoms with Gasteiger partial charge in [-0.05, 0) is 47.5 Å². The molecule has 1 heterocycles. The molecule has 1 aromatic heterocycles. The largest absolute Gasteiger partial charge is 0.340 e. The van der Waals surface area contributed by atoms with Crippen molar-refractivity contribution in [2.24, 2.45) is 10.2 Å². The highest BCUT2D eigenvalue weighted by Crippen LogP contribution is 2.19. The van der Waals surface area contributed by atoms with Gasteiger partial charge < -0.3 is 5.32 Å². The zero-order valence-electron chi connectivity index (χ0n) is 17.3. The number of aromatic nitrogens is 2. The molecule has 0 spiro atoms. The fourth-order valence-electron chi connectivity index (χ4n) is 2.72. The molecule has 0 amide bonds. The predicted molar refractivity (Wildman–Crippen MR) is 137 cm³/mol. The maximum absolute atomic E-state index is 5.92. The number of anilines is 4. The zero-order valence-corrected chi connectivity index (χ0v) is 18.8. The van der Waals surface area contributed by atoms with Crippen molar-refractivity contribution >= 4 is 58.9 Å². The smallest absolute Gasteiger partial charge is 0.247 e. The van der Waals surface area contributed by atoms with E-state index >= 15 is 0 Å². The lowest BCUT2D eigenvalue weighted by Crippen LogP contribution is -2.04. The van der Waals surface area contributed by atoms with Crippen molar-refractivity contribution in [3.63, 3.8) is 0 Å². The first-order chi connectivity index (χ1) is 16.1. The molecule has 0 saturated carbocycles. The summed E-state index contributed by atoms with van der Waals surface area (Å²) in [6, 6.07) is 26.1. The van der Waals surface area contributed by atoms with Gasteiger partial charge in [-0.25, -0.2) is 5.43 Å². The molecule has 3 aromatic carbocycles. The molecule has 0 aliphatic heterocycles. The molecule has 0 aliphatic carbocycles. The lowest BCUT2D eigenvalue weighted by atomic mass is 10.2. The molecule has 3 N–H and O–H groups in total. The predicted octanol–water partition coefficient (Wildman–Crippen LogP) is 6.42. The number of nitrogens with zero attached hydrogens (tertiary/aromatic N) is 4. The lowest BCUT2D eigenvalue weighted by Gasteiger charge is -2.09. The van der Waals surface area contributed by atoms with Gasteiger partial charge in [0, 0.05) is 21.8 Å². The van der Waals surface area contributed by atoms with Crippen molar-refractivity contribution in [3.8, 4) is 0 Å². The van der Waals surface area contributed by atoms with Crippen LogP contribution in [-0.4, -0.2) is 22.4 Å². The summed E-state index contributed by atoms with van der Waals surface area (Å²) in [4.78, 5) is 8.90. The number of para-hydroxylation sites is 1. The summed E-state index contributed by atoms with van der Waals surface area (Å²) in [7, 11) is 0. The molecule has 0 bridgehead atoms. The summed E-state index contributed by atoms with van der Waals surface area (Å²) in [5, 5.41) is 13.1. The third-order valence-corrected chi connectivity index (χ3v) is 4.79. The first-order valence-electron chi connectivity index (χ1n) is 9.94. The van der Waals surface area contributed by atoms with Gasteiger partial charge in [-0.1, -0.05) is 65.7 Å². The van der Waals surface area contributed by atoms with E-state index < -0.39 is 0 Å². The molecule has 33 heavy (non-hydrogen) atoms. The second kappa shape index (κ2) is 11.1. The molecule has 0 atom stereocenters. The Morgan fingerprint density at radius 2 is 1.18 bits per heavy atom. The van der Waals surface area contributed by atoms with Crippen LogP contribution in [0.4, 0.5) is 23.3 Å². The van der Waals surface area contributed by atoms with Crippen LogP contribution in [0.1, 0.15) is 11.1 Å². The number of hydrogen-bond donors (Lipinski definition) is 3.